The Kier molecular flexibility index (Phi) is 5.04. The van der Waals surface area contributed by atoms with Gasteiger partial charge in [0.25, 0.3) is 5.91 Å². The van der Waals surface area contributed by atoms with Crippen LogP contribution in [0.1, 0.15) is 34.2 Å². The van der Waals surface area contributed by atoms with Crippen molar-refractivity contribution >= 4 is 17.1 Å². The molecule has 0 aromatic carbocycles. The molecule has 8 heteroatoms. The summed E-state index contributed by atoms with van der Waals surface area (Å²) in [5.74, 6) is 0.0190. The lowest BCUT2D eigenvalue weighted by molar-refractivity contribution is 0.0786. The number of rotatable bonds is 5. The quantitative estimate of drug-likeness (QED) is 0.659. The van der Waals surface area contributed by atoms with Gasteiger partial charge in [0.05, 0.1) is 23.7 Å². The zero-order valence-electron chi connectivity index (χ0n) is 17.4. The van der Waals surface area contributed by atoms with Crippen LogP contribution in [0.15, 0.2) is 29.2 Å². The largest absolute Gasteiger partial charge is 0.383 e. The molecule has 1 fully saturated rings. The van der Waals surface area contributed by atoms with E-state index in [0.29, 0.717) is 25.3 Å². The number of nitrogens with zero attached hydrogens (tertiary/aromatic N) is 5. The fourth-order valence-electron chi connectivity index (χ4n) is 4.37. The Morgan fingerprint density at radius 1 is 1.34 bits per heavy atom. The summed E-state index contributed by atoms with van der Waals surface area (Å²) in [6, 6.07) is 5.61. The van der Waals surface area contributed by atoms with E-state index in [-0.39, 0.29) is 17.6 Å². The fraction of sp³-hybridized carbons (Fsp3) is 0.476. The maximum atomic E-state index is 13.2. The van der Waals surface area contributed by atoms with Crippen LogP contribution in [-0.4, -0.2) is 56.3 Å². The topological polar surface area (TPSA) is 74.3 Å². The zero-order valence-corrected chi connectivity index (χ0v) is 17.4. The summed E-state index contributed by atoms with van der Waals surface area (Å²) in [5, 5.41) is 0. The van der Waals surface area contributed by atoms with Crippen LogP contribution in [-0.2, 0) is 18.3 Å². The zero-order chi connectivity index (χ0) is 20.7. The highest BCUT2D eigenvalue weighted by molar-refractivity contribution is 5.96. The van der Waals surface area contributed by atoms with Gasteiger partial charge in [-0.15, -0.1) is 0 Å². The van der Waals surface area contributed by atoms with Gasteiger partial charge in [0, 0.05) is 51.4 Å². The number of methoxy groups -OCH3 is 1. The van der Waals surface area contributed by atoms with Crippen LogP contribution in [0.4, 0.5) is 0 Å². The third kappa shape index (κ3) is 3.17. The molecule has 1 unspecified atom stereocenters. The Hall–Kier alpha value is -2.87. The summed E-state index contributed by atoms with van der Waals surface area (Å²) >= 11 is 0. The molecule has 3 aromatic heterocycles. The first-order chi connectivity index (χ1) is 13.9. The van der Waals surface area contributed by atoms with Crippen LogP contribution < -0.4 is 5.69 Å². The monoisotopic (exact) mass is 397 g/mol. The summed E-state index contributed by atoms with van der Waals surface area (Å²) in [6.45, 7) is 6.45. The van der Waals surface area contributed by atoms with Crippen molar-refractivity contribution in [2.45, 2.75) is 32.9 Å². The van der Waals surface area contributed by atoms with Gasteiger partial charge in [-0.25, -0.2) is 9.78 Å². The second-order valence-corrected chi connectivity index (χ2v) is 7.68. The summed E-state index contributed by atoms with van der Waals surface area (Å²) in [6.07, 6.45) is 2.44. The molecule has 4 heterocycles. The van der Waals surface area contributed by atoms with Crippen molar-refractivity contribution in [3.63, 3.8) is 0 Å². The number of ether oxygens (including phenoxy) is 1. The van der Waals surface area contributed by atoms with E-state index in [1.165, 1.54) is 0 Å². The normalized spacial score (nSPS) is 16.8. The lowest BCUT2D eigenvalue weighted by Crippen LogP contribution is -2.32. The standard InChI is InChI=1S/C21H27N5O3/c1-14-12-17(15(2)25(14)10-11-29-4)20(27)24-9-7-16(13-24)26-19-18(6-5-8-22-19)23(3)21(26)28/h5-6,8,12,16H,7,9-11,13H2,1-4H3. The number of imidazole rings is 1. The van der Waals surface area contributed by atoms with Crippen molar-refractivity contribution in [3.8, 4) is 0 Å². The van der Waals surface area contributed by atoms with Crippen LogP contribution in [0.25, 0.3) is 11.2 Å². The summed E-state index contributed by atoms with van der Waals surface area (Å²) in [5.41, 5.74) is 4.13. The molecule has 0 N–H and O–H groups in total. The van der Waals surface area contributed by atoms with Gasteiger partial charge < -0.3 is 14.2 Å². The van der Waals surface area contributed by atoms with Gasteiger partial charge in [-0.2, -0.15) is 0 Å². The minimum Gasteiger partial charge on any atom is -0.383 e. The number of aryl methyl sites for hydroxylation is 2. The maximum absolute atomic E-state index is 13.2. The number of carbonyl (C=O) groups is 1. The van der Waals surface area contributed by atoms with Gasteiger partial charge in [0.1, 0.15) is 0 Å². The third-order valence-electron chi connectivity index (χ3n) is 5.99. The Bertz CT molecular complexity index is 1120. The van der Waals surface area contributed by atoms with Crippen molar-refractivity contribution in [2.24, 2.45) is 7.05 Å². The molecule has 4 rings (SSSR count). The Morgan fingerprint density at radius 2 is 2.14 bits per heavy atom. The van der Waals surface area contributed by atoms with E-state index in [4.69, 9.17) is 4.74 Å². The number of hydrogen-bond donors (Lipinski definition) is 0. The highest BCUT2D eigenvalue weighted by Gasteiger charge is 2.32. The smallest absolute Gasteiger partial charge is 0.330 e. The van der Waals surface area contributed by atoms with Crippen LogP contribution in [0.3, 0.4) is 0 Å². The maximum Gasteiger partial charge on any atom is 0.330 e. The van der Waals surface area contributed by atoms with Gasteiger partial charge in [-0.05, 0) is 38.5 Å². The van der Waals surface area contributed by atoms with Crippen molar-refractivity contribution in [1.29, 1.82) is 0 Å². The number of hydrogen-bond acceptors (Lipinski definition) is 4. The second-order valence-electron chi connectivity index (χ2n) is 7.68. The molecule has 0 spiro atoms. The first kappa shape index (κ1) is 19.4. The van der Waals surface area contributed by atoms with E-state index in [0.717, 1.165) is 35.4 Å². The lowest BCUT2D eigenvalue weighted by atomic mass is 10.2. The Labute approximate surface area is 169 Å². The molecular weight excluding hydrogens is 370 g/mol. The van der Waals surface area contributed by atoms with Crippen molar-refractivity contribution in [1.82, 2.24) is 23.6 Å². The molecule has 0 radical (unpaired) electrons. The summed E-state index contributed by atoms with van der Waals surface area (Å²) in [4.78, 5) is 32.3. The van der Waals surface area contributed by atoms with Crippen molar-refractivity contribution < 1.29 is 9.53 Å². The minimum absolute atomic E-state index is 0.0190. The van der Waals surface area contributed by atoms with Crippen LogP contribution in [0.5, 0.6) is 0 Å². The van der Waals surface area contributed by atoms with Gasteiger partial charge in [0.15, 0.2) is 5.65 Å². The molecular formula is C21H27N5O3. The fourth-order valence-corrected chi connectivity index (χ4v) is 4.37. The van der Waals surface area contributed by atoms with Crippen molar-refractivity contribution in [3.05, 3.63) is 51.8 Å². The van der Waals surface area contributed by atoms with E-state index in [1.807, 2.05) is 36.9 Å². The van der Waals surface area contributed by atoms with E-state index in [2.05, 4.69) is 9.55 Å². The molecule has 1 atom stereocenters. The van der Waals surface area contributed by atoms with Crippen LogP contribution in [0.2, 0.25) is 0 Å². The van der Waals surface area contributed by atoms with Gasteiger partial charge in [-0.1, -0.05) is 0 Å². The van der Waals surface area contributed by atoms with E-state index in [9.17, 15) is 9.59 Å². The van der Waals surface area contributed by atoms with Crippen LogP contribution >= 0.6 is 0 Å². The second kappa shape index (κ2) is 7.51. The molecule has 1 saturated heterocycles. The van der Waals surface area contributed by atoms with Crippen molar-refractivity contribution in [2.75, 3.05) is 26.8 Å². The first-order valence-corrected chi connectivity index (χ1v) is 9.91. The summed E-state index contributed by atoms with van der Waals surface area (Å²) in [7, 11) is 3.43. The molecule has 1 amide bonds. The highest BCUT2D eigenvalue weighted by Crippen LogP contribution is 2.26. The van der Waals surface area contributed by atoms with Crippen LogP contribution in [0, 0.1) is 13.8 Å². The molecule has 8 nitrogen and oxygen atoms in total. The van der Waals surface area contributed by atoms with Gasteiger partial charge in [-0.3, -0.25) is 13.9 Å². The molecule has 0 aliphatic carbocycles. The molecule has 0 bridgehead atoms. The predicted molar refractivity (Wildman–Crippen MR) is 110 cm³/mol. The number of fused-ring (bicyclic) bond motifs is 1. The lowest BCUT2D eigenvalue weighted by Gasteiger charge is -2.17. The average Bonchev–Trinajstić information content (AvgIpc) is 3.37. The average molecular weight is 397 g/mol. The minimum atomic E-state index is -0.0873. The number of carbonyl (C=O) groups excluding carboxylic acids is 1. The van der Waals surface area contributed by atoms with Gasteiger partial charge in [0.2, 0.25) is 0 Å². The number of pyridine rings is 1. The Morgan fingerprint density at radius 3 is 2.90 bits per heavy atom. The predicted octanol–water partition coefficient (Wildman–Crippen LogP) is 1.89. The molecule has 1 aliphatic heterocycles. The van der Waals surface area contributed by atoms with E-state index >= 15 is 0 Å². The first-order valence-electron chi connectivity index (χ1n) is 9.91. The molecule has 1 aliphatic rings. The number of likely N-dealkylation sites (tertiary alicyclic amines) is 1. The molecule has 29 heavy (non-hydrogen) atoms. The molecule has 3 aromatic rings. The van der Waals surface area contributed by atoms with E-state index in [1.54, 1.807) is 29.5 Å². The van der Waals surface area contributed by atoms with Gasteiger partial charge >= 0.3 is 5.69 Å². The molecule has 154 valence electrons. The summed E-state index contributed by atoms with van der Waals surface area (Å²) < 4.78 is 10.7. The molecule has 0 saturated carbocycles. The Balaban J connectivity index is 1.59. The SMILES string of the molecule is COCCn1c(C)cc(C(=O)N2CCC(n3c(=O)n(C)c4cccnc43)C2)c1C. The van der Waals surface area contributed by atoms with E-state index < -0.39 is 0 Å². The highest BCUT2D eigenvalue weighted by atomic mass is 16.5. The number of amides is 1. The number of aromatic nitrogens is 4. The third-order valence-corrected chi connectivity index (χ3v) is 5.99.